The second-order valence-electron chi connectivity index (χ2n) is 6.41. The van der Waals surface area contributed by atoms with Crippen molar-refractivity contribution in [2.45, 2.75) is 25.2 Å². The third-order valence-electron chi connectivity index (χ3n) is 4.92. The standard InChI is InChI=1S/C16H19F3N2O3S/c1-2-20-7-8-21(14-10-25(23,24)9-13(14)20)15(22)11-3-5-12(6-4-11)16(17,18)19/h3-6,13-14H,2,7-10H2,1H3/t13-,14+/m1/s1. The van der Waals surface area contributed by atoms with E-state index in [1.807, 2.05) is 11.8 Å². The number of hydrogen-bond acceptors (Lipinski definition) is 4. The highest BCUT2D eigenvalue weighted by Gasteiger charge is 2.47. The van der Waals surface area contributed by atoms with E-state index in [2.05, 4.69) is 0 Å². The number of rotatable bonds is 2. The van der Waals surface area contributed by atoms with Crippen LogP contribution in [0, 0.1) is 0 Å². The fourth-order valence-electron chi connectivity index (χ4n) is 3.64. The molecular weight excluding hydrogens is 357 g/mol. The SMILES string of the molecule is CCN1CCN(C(=O)c2ccc(C(F)(F)F)cc2)[C@H]2CS(=O)(=O)C[C@H]21. The first kappa shape index (κ1) is 18.2. The summed E-state index contributed by atoms with van der Waals surface area (Å²) in [6, 6.07) is 3.35. The molecule has 3 rings (SSSR count). The van der Waals surface area contributed by atoms with Gasteiger partial charge in [-0.25, -0.2) is 8.42 Å². The number of halogens is 3. The quantitative estimate of drug-likeness (QED) is 0.788. The molecule has 0 N–H and O–H groups in total. The first-order chi connectivity index (χ1) is 11.6. The summed E-state index contributed by atoms with van der Waals surface area (Å²) in [6.45, 7) is 3.55. The zero-order valence-electron chi connectivity index (χ0n) is 13.7. The molecule has 9 heteroatoms. The molecule has 1 amide bonds. The van der Waals surface area contributed by atoms with Gasteiger partial charge in [-0.1, -0.05) is 6.92 Å². The number of fused-ring (bicyclic) bond motifs is 1. The van der Waals surface area contributed by atoms with Crippen LogP contribution in [0.2, 0.25) is 0 Å². The highest BCUT2D eigenvalue weighted by atomic mass is 32.2. The Hall–Kier alpha value is -1.61. The van der Waals surface area contributed by atoms with Crippen LogP contribution >= 0.6 is 0 Å². The zero-order valence-corrected chi connectivity index (χ0v) is 14.5. The van der Waals surface area contributed by atoms with Crippen molar-refractivity contribution in [3.05, 3.63) is 35.4 Å². The molecule has 5 nitrogen and oxygen atoms in total. The maximum absolute atomic E-state index is 12.7. The van der Waals surface area contributed by atoms with E-state index in [0.717, 1.165) is 24.3 Å². The Morgan fingerprint density at radius 1 is 1.12 bits per heavy atom. The molecule has 2 aliphatic heterocycles. The number of alkyl halides is 3. The van der Waals surface area contributed by atoms with Gasteiger partial charge in [0.1, 0.15) is 0 Å². The number of nitrogens with zero attached hydrogens (tertiary/aromatic N) is 2. The number of benzene rings is 1. The summed E-state index contributed by atoms with van der Waals surface area (Å²) in [6.07, 6.45) is -4.46. The first-order valence-electron chi connectivity index (χ1n) is 8.05. The van der Waals surface area contributed by atoms with Crippen molar-refractivity contribution in [1.29, 1.82) is 0 Å². The van der Waals surface area contributed by atoms with Gasteiger partial charge in [-0.15, -0.1) is 0 Å². The number of likely N-dealkylation sites (N-methyl/N-ethyl adjacent to an activating group) is 1. The summed E-state index contributed by atoms with van der Waals surface area (Å²) >= 11 is 0. The van der Waals surface area contributed by atoms with Gasteiger partial charge in [-0.3, -0.25) is 9.69 Å². The van der Waals surface area contributed by atoms with Crippen LogP contribution in [0.4, 0.5) is 13.2 Å². The summed E-state index contributed by atoms with van der Waals surface area (Å²) in [4.78, 5) is 16.3. The molecule has 2 atom stereocenters. The predicted molar refractivity (Wildman–Crippen MR) is 86.0 cm³/mol. The van der Waals surface area contributed by atoms with Crippen molar-refractivity contribution < 1.29 is 26.4 Å². The van der Waals surface area contributed by atoms with Crippen LogP contribution in [0.15, 0.2) is 24.3 Å². The van der Waals surface area contributed by atoms with E-state index in [0.29, 0.717) is 19.6 Å². The number of amides is 1. The van der Waals surface area contributed by atoms with Gasteiger partial charge in [0.25, 0.3) is 5.91 Å². The molecule has 0 aromatic heterocycles. The molecule has 0 aliphatic carbocycles. The minimum Gasteiger partial charge on any atom is -0.332 e. The first-order valence-corrected chi connectivity index (χ1v) is 9.87. The third kappa shape index (κ3) is 3.52. The van der Waals surface area contributed by atoms with Crippen molar-refractivity contribution in [3.8, 4) is 0 Å². The van der Waals surface area contributed by atoms with Crippen molar-refractivity contribution >= 4 is 15.7 Å². The molecule has 0 bridgehead atoms. The smallest absolute Gasteiger partial charge is 0.332 e. The molecule has 2 saturated heterocycles. The second kappa shape index (κ2) is 6.28. The Labute approximate surface area is 144 Å². The number of carbonyl (C=O) groups excluding carboxylic acids is 1. The van der Waals surface area contributed by atoms with E-state index in [9.17, 15) is 26.4 Å². The van der Waals surface area contributed by atoms with Gasteiger partial charge in [-0.05, 0) is 30.8 Å². The molecule has 0 spiro atoms. The highest BCUT2D eigenvalue weighted by molar-refractivity contribution is 7.91. The lowest BCUT2D eigenvalue weighted by atomic mass is 10.0. The van der Waals surface area contributed by atoms with E-state index in [-0.39, 0.29) is 23.1 Å². The predicted octanol–water partition coefficient (Wildman–Crippen LogP) is 1.65. The summed E-state index contributed by atoms with van der Waals surface area (Å²) in [5.74, 6) is -0.500. The van der Waals surface area contributed by atoms with E-state index >= 15 is 0 Å². The van der Waals surface area contributed by atoms with Crippen LogP contribution < -0.4 is 0 Å². The average molecular weight is 376 g/mol. The molecule has 0 saturated carbocycles. The lowest BCUT2D eigenvalue weighted by Crippen LogP contribution is -2.60. The van der Waals surface area contributed by atoms with E-state index in [4.69, 9.17) is 0 Å². The molecule has 2 heterocycles. The van der Waals surface area contributed by atoms with Gasteiger partial charge >= 0.3 is 6.18 Å². The fraction of sp³-hybridized carbons (Fsp3) is 0.562. The van der Waals surface area contributed by atoms with Crippen molar-refractivity contribution in [2.24, 2.45) is 0 Å². The largest absolute Gasteiger partial charge is 0.416 e. The molecule has 1 aromatic rings. The maximum Gasteiger partial charge on any atom is 0.416 e. The second-order valence-corrected chi connectivity index (χ2v) is 8.57. The molecule has 0 radical (unpaired) electrons. The summed E-state index contributed by atoms with van der Waals surface area (Å²) in [5.41, 5.74) is -0.679. The zero-order chi connectivity index (χ0) is 18.4. The summed E-state index contributed by atoms with van der Waals surface area (Å²) in [7, 11) is -3.23. The van der Waals surface area contributed by atoms with Gasteiger partial charge in [0, 0.05) is 24.7 Å². The van der Waals surface area contributed by atoms with E-state index in [1.54, 1.807) is 0 Å². The van der Waals surface area contributed by atoms with Gasteiger partial charge in [0.2, 0.25) is 0 Å². The van der Waals surface area contributed by atoms with Gasteiger partial charge < -0.3 is 4.90 Å². The van der Waals surface area contributed by atoms with Crippen LogP contribution in [-0.4, -0.2) is 67.3 Å². The third-order valence-corrected chi connectivity index (χ3v) is 6.62. The molecular formula is C16H19F3N2O3S. The lowest BCUT2D eigenvalue weighted by molar-refractivity contribution is -0.137. The van der Waals surface area contributed by atoms with Crippen LogP contribution in [0.5, 0.6) is 0 Å². The molecule has 138 valence electrons. The Balaban J connectivity index is 1.84. The molecule has 25 heavy (non-hydrogen) atoms. The monoisotopic (exact) mass is 376 g/mol. The van der Waals surface area contributed by atoms with E-state index in [1.165, 1.54) is 4.90 Å². The molecule has 2 fully saturated rings. The molecule has 2 aliphatic rings. The minimum atomic E-state index is -4.46. The van der Waals surface area contributed by atoms with Gasteiger partial charge in [-0.2, -0.15) is 13.2 Å². The highest BCUT2D eigenvalue weighted by Crippen LogP contribution is 2.31. The Morgan fingerprint density at radius 2 is 1.72 bits per heavy atom. The minimum absolute atomic E-state index is 0.0162. The van der Waals surface area contributed by atoms with Gasteiger partial charge in [0.05, 0.1) is 23.1 Å². The Morgan fingerprint density at radius 3 is 2.28 bits per heavy atom. The fourth-order valence-corrected chi connectivity index (χ4v) is 5.65. The van der Waals surface area contributed by atoms with Crippen molar-refractivity contribution in [3.63, 3.8) is 0 Å². The lowest BCUT2D eigenvalue weighted by Gasteiger charge is -2.43. The number of piperazine rings is 1. The van der Waals surface area contributed by atoms with Crippen molar-refractivity contribution in [1.82, 2.24) is 9.80 Å². The normalized spacial score (nSPS) is 26.5. The van der Waals surface area contributed by atoms with Crippen LogP contribution in [0.3, 0.4) is 0 Å². The number of hydrogen-bond donors (Lipinski definition) is 0. The topological polar surface area (TPSA) is 57.7 Å². The number of sulfone groups is 1. The van der Waals surface area contributed by atoms with E-state index < -0.39 is 33.5 Å². The van der Waals surface area contributed by atoms with Crippen LogP contribution in [0.1, 0.15) is 22.8 Å². The van der Waals surface area contributed by atoms with Gasteiger partial charge in [0.15, 0.2) is 9.84 Å². The molecule has 1 aromatic carbocycles. The van der Waals surface area contributed by atoms with Crippen LogP contribution in [0.25, 0.3) is 0 Å². The average Bonchev–Trinajstić information content (AvgIpc) is 2.87. The Bertz CT molecular complexity index is 762. The summed E-state index contributed by atoms with van der Waals surface area (Å²) in [5, 5.41) is 0. The molecule has 0 unspecified atom stereocenters. The van der Waals surface area contributed by atoms with Crippen LogP contribution in [-0.2, 0) is 16.0 Å². The number of carbonyl (C=O) groups is 1. The maximum atomic E-state index is 12.7. The van der Waals surface area contributed by atoms with Crippen molar-refractivity contribution in [2.75, 3.05) is 31.1 Å². The Kier molecular flexibility index (Phi) is 4.57. The summed E-state index contributed by atoms with van der Waals surface area (Å²) < 4.78 is 62.0.